The van der Waals surface area contributed by atoms with Crippen molar-refractivity contribution in [1.82, 2.24) is 29.7 Å². The predicted octanol–water partition coefficient (Wildman–Crippen LogP) is 3.46. The number of piperidine rings is 2. The highest BCUT2D eigenvalue weighted by Gasteiger charge is 2.45. The molecule has 3 fully saturated rings. The lowest BCUT2D eigenvalue weighted by atomic mass is 10.0. The molecule has 2 N–H and O–H groups in total. The van der Waals surface area contributed by atoms with Crippen molar-refractivity contribution in [2.24, 2.45) is 13.0 Å². The van der Waals surface area contributed by atoms with Crippen LogP contribution in [0.2, 0.25) is 5.02 Å². The van der Waals surface area contributed by atoms with E-state index in [-0.39, 0.29) is 53.8 Å². The minimum Gasteiger partial charge on any atom is -0.490 e. The molecule has 3 saturated heterocycles. The first kappa shape index (κ1) is 38.0. The minimum absolute atomic E-state index is 0.0529. The Kier molecular flexibility index (Phi) is 10.4. The zero-order chi connectivity index (χ0) is 40.0. The molecule has 4 aliphatic rings. The van der Waals surface area contributed by atoms with Gasteiger partial charge in [0, 0.05) is 57.3 Å². The van der Waals surface area contributed by atoms with Gasteiger partial charge in [-0.1, -0.05) is 11.6 Å². The number of carbonyl (C=O) groups excluding carboxylic acids is 5. The molecule has 17 heteroatoms. The predicted molar refractivity (Wildman–Crippen MR) is 209 cm³/mol. The summed E-state index contributed by atoms with van der Waals surface area (Å²) in [6.07, 6.45) is 4.30. The van der Waals surface area contributed by atoms with E-state index in [9.17, 15) is 28.8 Å². The number of rotatable bonds is 11. The lowest BCUT2D eigenvalue weighted by molar-refractivity contribution is -0.136. The van der Waals surface area contributed by atoms with E-state index in [1.807, 2.05) is 18.2 Å². The number of likely N-dealkylation sites (tertiary alicyclic amines) is 1. The van der Waals surface area contributed by atoms with Gasteiger partial charge in [-0.2, -0.15) is 4.98 Å². The van der Waals surface area contributed by atoms with Gasteiger partial charge < -0.3 is 29.2 Å². The van der Waals surface area contributed by atoms with E-state index >= 15 is 0 Å². The van der Waals surface area contributed by atoms with Crippen molar-refractivity contribution in [3.63, 3.8) is 0 Å². The molecule has 0 saturated carbocycles. The van der Waals surface area contributed by atoms with Crippen molar-refractivity contribution in [2.45, 2.75) is 51.2 Å². The Balaban J connectivity index is 0.842. The number of hydrogen-bond acceptors (Lipinski definition) is 13. The summed E-state index contributed by atoms with van der Waals surface area (Å²) >= 11 is 6.54. The Hall–Kier alpha value is -5.87. The van der Waals surface area contributed by atoms with E-state index in [2.05, 4.69) is 25.4 Å². The van der Waals surface area contributed by atoms with Gasteiger partial charge in [-0.15, -0.1) is 0 Å². The van der Waals surface area contributed by atoms with Gasteiger partial charge in [0.2, 0.25) is 17.8 Å². The summed E-state index contributed by atoms with van der Waals surface area (Å²) in [5, 5.41) is 6.61. The third-order valence-corrected chi connectivity index (χ3v) is 11.2. The molecule has 4 aromatic rings. The molecule has 16 nitrogen and oxygen atoms in total. The van der Waals surface area contributed by atoms with E-state index in [4.69, 9.17) is 26.1 Å². The summed E-state index contributed by atoms with van der Waals surface area (Å²) in [5.41, 5.74) is 1.50. The molecule has 6 heterocycles. The van der Waals surface area contributed by atoms with Crippen LogP contribution in [0.5, 0.6) is 11.5 Å². The highest BCUT2D eigenvalue weighted by molar-refractivity contribution is 6.33. The Morgan fingerprint density at radius 2 is 1.75 bits per heavy atom. The maximum Gasteiger partial charge on any atom is 0.293 e. The number of carbonyl (C=O) groups is 5. The van der Waals surface area contributed by atoms with Crippen LogP contribution < -0.4 is 30.6 Å². The number of halogens is 1. The van der Waals surface area contributed by atoms with E-state index in [0.717, 1.165) is 62.3 Å². The number of pyridine rings is 1. The SMILES string of the molecule is CC(=O)COc1cc2cc(Nc3nc(N4CCC(CN5CCC(Oc6ccc7c(c6)C(=O)N(C6CCC(=O)NC6=O)C7=O)CC5)C4)ncc3Cl)ccc2n(C)c1=O. The molecule has 8 rings (SSSR count). The summed E-state index contributed by atoms with van der Waals surface area (Å²) in [4.78, 5) is 89.3. The van der Waals surface area contributed by atoms with Crippen LogP contribution >= 0.6 is 11.6 Å². The van der Waals surface area contributed by atoms with Crippen LogP contribution in [-0.2, 0) is 21.4 Å². The van der Waals surface area contributed by atoms with Crippen LogP contribution in [0.1, 0.15) is 59.7 Å². The molecule has 2 aromatic heterocycles. The maximum atomic E-state index is 13.2. The van der Waals surface area contributed by atoms with Crippen molar-refractivity contribution >= 4 is 69.4 Å². The first-order valence-electron chi connectivity index (χ1n) is 19.0. The topological polar surface area (TPSA) is 185 Å². The minimum atomic E-state index is -1.01. The summed E-state index contributed by atoms with van der Waals surface area (Å²) in [6, 6.07) is 11.0. The summed E-state index contributed by atoms with van der Waals surface area (Å²) < 4.78 is 13.2. The average Bonchev–Trinajstić information content (AvgIpc) is 3.75. The number of ketones is 1. The molecule has 296 valence electrons. The first-order chi connectivity index (χ1) is 27.4. The number of anilines is 3. The Morgan fingerprint density at radius 1 is 0.965 bits per heavy atom. The van der Waals surface area contributed by atoms with Crippen LogP contribution in [0.25, 0.3) is 10.9 Å². The normalized spacial score (nSPS) is 20.3. The lowest BCUT2D eigenvalue weighted by Crippen LogP contribution is -2.54. The number of ether oxygens (including phenoxy) is 2. The van der Waals surface area contributed by atoms with Crippen LogP contribution in [0.4, 0.5) is 17.5 Å². The maximum absolute atomic E-state index is 13.2. The van der Waals surface area contributed by atoms with E-state index in [1.165, 1.54) is 11.5 Å². The van der Waals surface area contributed by atoms with Gasteiger partial charge in [0.1, 0.15) is 29.5 Å². The molecule has 0 bridgehead atoms. The summed E-state index contributed by atoms with van der Waals surface area (Å²) in [6.45, 7) is 5.43. The zero-order valence-electron chi connectivity index (χ0n) is 31.5. The molecular weight excluding hydrogens is 756 g/mol. The smallest absolute Gasteiger partial charge is 0.293 e. The van der Waals surface area contributed by atoms with E-state index in [0.29, 0.717) is 39.7 Å². The molecule has 2 aromatic carbocycles. The molecule has 2 atom stereocenters. The number of fused-ring (bicyclic) bond motifs is 2. The van der Waals surface area contributed by atoms with Crippen molar-refractivity contribution in [3.05, 3.63) is 75.2 Å². The fourth-order valence-electron chi connectivity index (χ4n) is 8.00. The van der Waals surface area contributed by atoms with Gasteiger partial charge in [-0.25, -0.2) is 4.98 Å². The summed E-state index contributed by atoms with van der Waals surface area (Å²) in [7, 11) is 1.65. The van der Waals surface area contributed by atoms with Crippen LogP contribution in [-0.4, -0.2) is 105 Å². The highest BCUT2D eigenvalue weighted by atomic mass is 35.5. The quantitative estimate of drug-likeness (QED) is 0.211. The Labute approximate surface area is 332 Å². The van der Waals surface area contributed by atoms with Gasteiger partial charge in [0.05, 0.1) is 22.8 Å². The number of Topliss-reactive ketones (excluding diaryl/α,β-unsaturated/α-hetero) is 1. The number of aromatic nitrogens is 3. The zero-order valence-corrected chi connectivity index (χ0v) is 32.2. The number of benzene rings is 2. The second-order valence-corrected chi connectivity index (χ2v) is 15.4. The third kappa shape index (κ3) is 7.79. The van der Waals surface area contributed by atoms with Gasteiger partial charge in [0.15, 0.2) is 17.4 Å². The van der Waals surface area contributed by atoms with Gasteiger partial charge in [-0.05, 0) is 81.0 Å². The molecular formula is C40H41ClN8O8. The molecule has 4 aliphatic heterocycles. The standard InChI is InChI=1S/C40H41ClN8O8/c1-22(50)21-56-33-16-24-15-25(3-6-31(24)46(2)39(33)55)43-35-30(41)18-42-40(45-35)48-14-9-23(20-48)19-47-12-10-26(11-13-47)57-27-4-5-28-29(17-27)38(54)49(37(28)53)32-7-8-34(51)44-36(32)52/h3-6,15-18,23,26,32H,7-14,19-21H2,1-2H3,(H,42,43,45)(H,44,51,52). The Bertz CT molecular complexity index is 2380. The molecule has 0 spiro atoms. The van der Waals surface area contributed by atoms with Gasteiger partial charge in [0.25, 0.3) is 17.4 Å². The number of imide groups is 2. The van der Waals surface area contributed by atoms with Crippen LogP contribution in [0.15, 0.2) is 53.5 Å². The molecule has 0 radical (unpaired) electrons. The van der Waals surface area contributed by atoms with E-state index in [1.54, 1.807) is 37.5 Å². The summed E-state index contributed by atoms with van der Waals surface area (Å²) in [5.74, 6) is -0.294. The lowest BCUT2D eigenvalue weighted by Gasteiger charge is -2.33. The van der Waals surface area contributed by atoms with Gasteiger partial charge >= 0.3 is 0 Å². The number of nitrogens with one attached hydrogen (secondary N) is 2. The molecule has 2 unspecified atom stereocenters. The number of hydrogen-bond donors (Lipinski definition) is 2. The van der Waals surface area contributed by atoms with Crippen molar-refractivity contribution in [1.29, 1.82) is 0 Å². The third-order valence-electron chi connectivity index (χ3n) is 10.9. The highest BCUT2D eigenvalue weighted by Crippen LogP contribution is 2.33. The van der Waals surface area contributed by atoms with Crippen LogP contribution in [0.3, 0.4) is 0 Å². The molecule has 0 aliphatic carbocycles. The number of nitrogens with zero attached hydrogens (tertiary/aromatic N) is 6. The van der Waals surface area contributed by atoms with Crippen molar-refractivity contribution < 1.29 is 33.4 Å². The molecule has 57 heavy (non-hydrogen) atoms. The Morgan fingerprint density at radius 3 is 2.53 bits per heavy atom. The monoisotopic (exact) mass is 796 g/mol. The van der Waals surface area contributed by atoms with E-state index < -0.39 is 29.7 Å². The fourth-order valence-corrected chi connectivity index (χ4v) is 8.14. The van der Waals surface area contributed by atoms with Gasteiger partial charge in [-0.3, -0.25) is 39.0 Å². The second-order valence-electron chi connectivity index (χ2n) is 15.0. The number of amides is 4. The van der Waals surface area contributed by atoms with Crippen molar-refractivity contribution in [3.8, 4) is 11.5 Å². The largest absolute Gasteiger partial charge is 0.490 e. The fraction of sp³-hybridized carbons (Fsp3) is 0.400. The number of aryl methyl sites for hydroxylation is 1. The van der Waals surface area contributed by atoms with Crippen LogP contribution in [0, 0.1) is 5.92 Å². The second kappa shape index (κ2) is 15.6. The first-order valence-corrected chi connectivity index (χ1v) is 19.3. The van der Waals surface area contributed by atoms with Crippen molar-refractivity contribution in [2.75, 3.05) is 49.5 Å². The molecule has 4 amide bonds. The average molecular weight is 797 g/mol.